The lowest BCUT2D eigenvalue weighted by Crippen LogP contribution is -2.16. The number of aromatic amines is 1. The highest BCUT2D eigenvalue weighted by molar-refractivity contribution is 8.00. The van der Waals surface area contributed by atoms with Crippen molar-refractivity contribution in [1.29, 1.82) is 0 Å². The number of H-pyrrole nitrogens is 1. The van der Waals surface area contributed by atoms with Crippen LogP contribution in [0.25, 0.3) is 0 Å². The Balaban J connectivity index is 2.40. The van der Waals surface area contributed by atoms with Crippen molar-refractivity contribution in [2.45, 2.75) is 43.0 Å². The van der Waals surface area contributed by atoms with Crippen molar-refractivity contribution >= 4 is 17.7 Å². The lowest BCUT2D eigenvalue weighted by atomic mass is 10.1. The number of carboxylic acid groups (broad SMARTS) is 1. The van der Waals surface area contributed by atoms with Crippen molar-refractivity contribution in [3.05, 3.63) is 0 Å². The summed E-state index contributed by atoms with van der Waals surface area (Å²) in [5.41, 5.74) is 0. The van der Waals surface area contributed by atoms with E-state index >= 15 is 0 Å². The minimum absolute atomic E-state index is 0.457. The van der Waals surface area contributed by atoms with Gasteiger partial charge in [0.15, 0.2) is 0 Å². The summed E-state index contributed by atoms with van der Waals surface area (Å²) in [6.45, 7) is 2.09. The third-order valence-electron chi connectivity index (χ3n) is 1.93. The third-order valence-corrected chi connectivity index (χ3v) is 3.04. The summed E-state index contributed by atoms with van der Waals surface area (Å²) in [5.74, 6) is -0.812. The number of hydrogen-bond donors (Lipinski definition) is 2. The van der Waals surface area contributed by atoms with Crippen LogP contribution >= 0.6 is 11.8 Å². The number of carbonyl (C=O) groups is 1. The van der Waals surface area contributed by atoms with Gasteiger partial charge in [0.05, 0.1) is 0 Å². The highest BCUT2D eigenvalue weighted by Crippen LogP contribution is 2.23. The Morgan fingerprint density at radius 1 is 1.60 bits per heavy atom. The van der Waals surface area contributed by atoms with E-state index in [2.05, 4.69) is 27.5 Å². The van der Waals surface area contributed by atoms with Crippen LogP contribution in [0.5, 0.6) is 0 Å². The molecule has 0 aliphatic heterocycles. The van der Waals surface area contributed by atoms with Crippen LogP contribution in [-0.4, -0.2) is 36.9 Å². The summed E-state index contributed by atoms with van der Waals surface area (Å²) in [7, 11) is 0. The van der Waals surface area contributed by atoms with Gasteiger partial charge in [0.1, 0.15) is 5.25 Å². The molecular formula is C8H14N4O2S. The second-order valence-corrected chi connectivity index (χ2v) is 4.34. The van der Waals surface area contributed by atoms with Gasteiger partial charge in [0.2, 0.25) is 5.16 Å². The van der Waals surface area contributed by atoms with E-state index in [1.54, 1.807) is 0 Å². The lowest BCUT2D eigenvalue weighted by molar-refractivity contribution is -0.136. The number of thioether (sulfide) groups is 1. The summed E-state index contributed by atoms with van der Waals surface area (Å²) in [6, 6.07) is 0. The van der Waals surface area contributed by atoms with Crippen molar-refractivity contribution in [3.63, 3.8) is 0 Å². The smallest absolute Gasteiger partial charge is 0.317 e. The van der Waals surface area contributed by atoms with Crippen molar-refractivity contribution in [1.82, 2.24) is 20.6 Å². The second-order valence-electron chi connectivity index (χ2n) is 3.15. The molecular weight excluding hydrogens is 216 g/mol. The molecule has 0 aliphatic rings. The van der Waals surface area contributed by atoms with E-state index < -0.39 is 11.2 Å². The van der Waals surface area contributed by atoms with Crippen LogP contribution in [0.1, 0.15) is 32.6 Å². The first-order chi connectivity index (χ1) is 7.24. The van der Waals surface area contributed by atoms with Crippen LogP contribution in [0, 0.1) is 0 Å². The van der Waals surface area contributed by atoms with Gasteiger partial charge in [0.25, 0.3) is 0 Å². The summed E-state index contributed by atoms with van der Waals surface area (Å²) in [6.07, 6.45) is 3.70. The van der Waals surface area contributed by atoms with Crippen molar-refractivity contribution in [3.8, 4) is 0 Å². The third kappa shape index (κ3) is 4.28. The Morgan fingerprint density at radius 3 is 2.93 bits per heavy atom. The van der Waals surface area contributed by atoms with Crippen molar-refractivity contribution in [2.24, 2.45) is 0 Å². The second kappa shape index (κ2) is 6.39. The van der Waals surface area contributed by atoms with Gasteiger partial charge in [-0.2, -0.15) is 0 Å². The molecule has 1 atom stereocenters. The van der Waals surface area contributed by atoms with Gasteiger partial charge in [-0.05, 0) is 16.8 Å². The molecule has 6 nitrogen and oxygen atoms in total. The van der Waals surface area contributed by atoms with E-state index in [1.165, 1.54) is 0 Å². The molecule has 1 unspecified atom stereocenters. The van der Waals surface area contributed by atoms with Gasteiger partial charge < -0.3 is 5.11 Å². The number of tetrazole rings is 1. The predicted molar refractivity (Wildman–Crippen MR) is 55.6 cm³/mol. The highest BCUT2D eigenvalue weighted by Gasteiger charge is 2.19. The van der Waals surface area contributed by atoms with Crippen LogP contribution in [0.4, 0.5) is 0 Å². The number of rotatable bonds is 7. The van der Waals surface area contributed by atoms with Crippen molar-refractivity contribution in [2.75, 3.05) is 0 Å². The van der Waals surface area contributed by atoms with Gasteiger partial charge in [-0.25, -0.2) is 5.10 Å². The number of aliphatic carboxylic acids is 1. The Labute approximate surface area is 91.8 Å². The minimum atomic E-state index is -0.812. The van der Waals surface area contributed by atoms with Crippen LogP contribution in [0.2, 0.25) is 0 Å². The van der Waals surface area contributed by atoms with Crippen LogP contribution < -0.4 is 0 Å². The summed E-state index contributed by atoms with van der Waals surface area (Å²) in [4.78, 5) is 10.9. The molecule has 0 spiro atoms. The quantitative estimate of drug-likeness (QED) is 0.542. The molecule has 0 fully saturated rings. The highest BCUT2D eigenvalue weighted by atomic mass is 32.2. The topological polar surface area (TPSA) is 91.8 Å². The fourth-order valence-corrected chi connectivity index (χ4v) is 1.98. The first-order valence-corrected chi connectivity index (χ1v) is 5.75. The van der Waals surface area contributed by atoms with Crippen molar-refractivity contribution < 1.29 is 9.90 Å². The molecule has 0 saturated heterocycles. The molecule has 1 aromatic heterocycles. The van der Waals surface area contributed by atoms with Gasteiger partial charge >= 0.3 is 5.97 Å². The van der Waals surface area contributed by atoms with E-state index in [1.807, 2.05) is 0 Å². The number of nitrogens with one attached hydrogen (secondary N) is 1. The average molecular weight is 230 g/mol. The summed E-state index contributed by atoms with van der Waals surface area (Å²) >= 11 is 1.16. The molecule has 0 amide bonds. The minimum Gasteiger partial charge on any atom is -0.480 e. The Kier molecular flexibility index (Phi) is 5.09. The number of unbranched alkanes of at least 4 members (excludes halogenated alkanes) is 2. The molecule has 0 aliphatic carbocycles. The van der Waals surface area contributed by atoms with Gasteiger partial charge in [0, 0.05) is 0 Å². The van der Waals surface area contributed by atoms with Crippen LogP contribution in [-0.2, 0) is 4.79 Å². The van der Waals surface area contributed by atoms with Gasteiger partial charge in [-0.15, -0.1) is 5.10 Å². The zero-order valence-corrected chi connectivity index (χ0v) is 9.33. The van der Waals surface area contributed by atoms with Crippen LogP contribution in [0.3, 0.4) is 0 Å². The molecule has 0 radical (unpaired) electrons. The molecule has 1 heterocycles. The maximum absolute atomic E-state index is 10.9. The molecule has 7 heteroatoms. The molecule has 0 aromatic carbocycles. The molecule has 0 saturated carbocycles. The number of hydrogen-bond acceptors (Lipinski definition) is 5. The molecule has 84 valence electrons. The molecule has 15 heavy (non-hydrogen) atoms. The normalized spacial score (nSPS) is 12.6. The monoisotopic (exact) mass is 230 g/mol. The van der Waals surface area contributed by atoms with Gasteiger partial charge in [-0.3, -0.25) is 4.79 Å². The molecule has 2 N–H and O–H groups in total. The van der Waals surface area contributed by atoms with E-state index in [0.717, 1.165) is 31.0 Å². The van der Waals surface area contributed by atoms with E-state index in [9.17, 15) is 4.79 Å². The van der Waals surface area contributed by atoms with Crippen LogP contribution in [0.15, 0.2) is 5.16 Å². The molecule has 1 rings (SSSR count). The summed E-state index contributed by atoms with van der Waals surface area (Å²) in [5, 5.41) is 21.9. The maximum Gasteiger partial charge on any atom is 0.317 e. The largest absolute Gasteiger partial charge is 0.480 e. The molecule has 1 aromatic rings. The van der Waals surface area contributed by atoms with Gasteiger partial charge in [-0.1, -0.05) is 37.9 Å². The fraction of sp³-hybridized carbons (Fsp3) is 0.750. The Hall–Kier alpha value is -1.11. The first-order valence-electron chi connectivity index (χ1n) is 4.87. The first kappa shape index (κ1) is 12.0. The van der Waals surface area contributed by atoms with E-state index in [0.29, 0.717) is 11.6 Å². The number of nitrogens with zero attached hydrogens (tertiary/aromatic N) is 3. The summed E-state index contributed by atoms with van der Waals surface area (Å²) < 4.78 is 0. The lowest BCUT2D eigenvalue weighted by Gasteiger charge is -2.08. The fourth-order valence-electron chi connectivity index (χ4n) is 1.15. The molecule has 0 bridgehead atoms. The number of aromatic nitrogens is 4. The Morgan fingerprint density at radius 2 is 2.40 bits per heavy atom. The maximum atomic E-state index is 10.9. The predicted octanol–water partition coefficient (Wildman–Crippen LogP) is 1.33. The van der Waals surface area contributed by atoms with E-state index in [-0.39, 0.29) is 0 Å². The van der Waals surface area contributed by atoms with E-state index in [4.69, 9.17) is 5.11 Å². The standard InChI is InChI=1S/C8H14N4O2S/c1-2-3-4-5-6(7(13)14)15-8-9-11-12-10-8/h6H,2-5H2,1H3,(H,13,14)(H,9,10,11,12). The SMILES string of the molecule is CCCCCC(Sc1nnn[nH]1)C(=O)O. The zero-order valence-electron chi connectivity index (χ0n) is 8.51. The zero-order chi connectivity index (χ0) is 11.1. The number of carboxylic acids is 1. The Bertz CT molecular complexity index is 291. The average Bonchev–Trinajstić information content (AvgIpc) is 2.69.